The van der Waals surface area contributed by atoms with Gasteiger partial charge in [0.15, 0.2) is 0 Å². The number of aryl methyl sites for hydroxylation is 1. The predicted octanol–water partition coefficient (Wildman–Crippen LogP) is 3.56. The zero-order valence-corrected chi connectivity index (χ0v) is 17.5. The Kier molecular flexibility index (Phi) is 6.64. The Hall–Kier alpha value is -3.16. The van der Waals surface area contributed by atoms with Crippen LogP contribution in [0.5, 0.6) is 5.75 Å². The summed E-state index contributed by atoms with van der Waals surface area (Å²) in [6.45, 7) is 4.37. The van der Waals surface area contributed by atoms with Crippen LogP contribution < -0.4 is 4.74 Å². The van der Waals surface area contributed by atoms with E-state index in [-0.39, 0.29) is 6.61 Å². The molecule has 4 rings (SSSR count). The van der Waals surface area contributed by atoms with E-state index < -0.39 is 12.0 Å². The van der Waals surface area contributed by atoms with Gasteiger partial charge in [-0.05, 0) is 36.8 Å². The molecule has 162 valence electrons. The van der Waals surface area contributed by atoms with Gasteiger partial charge >= 0.3 is 5.97 Å². The zero-order chi connectivity index (χ0) is 21.6. The van der Waals surface area contributed by atoms with E-state index in [0.717, 1.165) is 28.3 Å². The first-order chi connectivity index (χ1) is 15.1. The fourth-order valence-electron chi connectivity index (χ4n) is 3.61. The van der Waals surface area contributed by atoms with Crippen molar-refractivity contribution in [2.75, 3.05) is 26.4 Å². The van der Waals surface area contributed by atoms with Crippen molar-refractivity contribution in [3.8, 4) is 17.2 Å². The number of oxazole rings is 1. The Balaban J connectivity index is 1.30. The van der Waals surface area contributed by atoms with Crippen LogP contribution in [0.2, 0.25) is 0 Å². The smallest absolute Gasteiger partial charge is 0.323 e. The zero-order valence-electron chi connectivity index (χ0n) is 17.5. The van der Waals surface area contributed by atoms with E-state index in [1.165, 1.54) is 0 Å². The van der Waals surface area contributed by atoms with Crippen LogP contribution in [0.15, 0.2) is 59.0 Å². The number of hydrogen-bond donors (Lipinski definition) is 1. The van der Waals surface area contributed by atoms with Gasteiger partial charge in [0.25, 0.3) is 0 Å². The topological polar surface area (TPSA) is 85.0 Å². The molecule has 1 aliphatic heterocycles. The summed E-state index contributed by atoms with van der Waals surface area (Å²) >= 11 is 0. The summed E-state index contributed by atoms with van der Waals surface area (Å²) in [5.74, 6) is 1.35. The summed E-state index contributed by atoms with van der Waals surface area (Å²) in [6, 6.07) is 17.0. The lowest BCUT2D eigenvalue weighted by Crippen LogP contribution is -2.49. The van der Waals surface area contributed by atoms with Crippen LogP contribution in [0.3, 0.4) is 0 Å². The number of hydrogen-bond acceptors (Lipinski definition) is 6. The van der Waals surface area contributed by atoms with E-state index >= 15 is 0 Å². The third kappa shape index (κ3) is 5.31. The van der Waals surface area contributed by atoms with Gasteiger partial charge in [-0.2, -0.15) is 0 Å². The number of rotatable bonds is 8. The predicted molar refractivity (Wildman–Crippen MR) is 115 cm³/mol. The standard InChI is InChI=1S/C24H26N2O5/c1-17-21(25-23(31-17)19-5-3-2-4-6-19)11-13-30-20-9-7-18(8-10-20)15-26-12-14-29-16-22(26)24(27)28/h2-10,22H,11-16H2,1H3,(H,27,28). The lowest BCUT2D eigenvalue weighted by Gasteiger charge is -2.32. The lowest BCUT2D eigenvalue weighted by molar-refractivity contribution is -0.150. The van der Waals surface area contributed by atoms with Crippen molar-refractivity contribution in [1.82, 2.24) is 9.88 Å². The molecule has 7 nitrogen and oxygen atoms in total. The highest BCUT2D eigenvalue weighted by atomic mass is 16.5. The van der Waals surface area contributed by atoms with Gasteiger partial charge in [-0.15, -0.1) is 0 Å². The number of carboxylic acid groups (broad SMARTS) is 1. The van der Waals surface area contributed by atoms with Gasteiger partial charge in [0, 0.05) is 25.1 Å². The maximum atomic E-state index is 11.4. The average molecular weight is 422 g/mol. The molecule has 1 atom stereocenters. The van der Waals surface area contributed by atoms with Crippen molar-refractivity contribution < 1.29 is 23.8 Å². The van der Waals surface area contributed by atoms with Gasteiger partial charge in [-0.1, -0.05) is 30.3 Å². The molecule has 1 unspecified atom stereocenters. The number of nitrogens with zero attached hydrogens (tertiary/aromatic N) is 2. The summed E-state index contributed by atoms with van der Waals surface area (Å²) in [7, 11) is 0. The molecule has 1 saturated heterocycles. The molecule has 0 aliphatic carbocycles. The van der Waals surface area contributed by atoms with Gasteiger partial charge in [0.05, 0.1) is 25.5 Å². The molecule has 1 N–H and O–H groups in total. The molecular formula is C24H26N2O5. The summed E-state index contributed by atoms with van der Waals surface area (Å²) < 4.78 is 17.0. The van der Waals surface area contributed by atoms with Crippen molar-refractivity contribution >= 4 is 5.97 Å². The molecule has 3 aromatic rings. The molecular weight excluding hydrogens is 396 g/mol. The maximum absolute atomic E-state index is 11.4. The highest BCUT2D eigenvalue weighted by Crippen LogP contribution is 2.22. The normalized spacial score (nSPS) is 16.9. The van der Waals surface area contributed by atoms with E-state index in [1.54, 1.807) is 0 Å². The first kappa shape index (κ1) is 21.1. The quantitative estimate of drug-likeness (QED) is 0.594. The maximum Gasteiger partial charge on any atom is 0.323 e. The summed E-state index contributed by atoms with van der Waals surface area (Å²) in [5.41, 5.74) is 2.89. The van der Waals surface area contributed by atoms with Crippen molar-refractivity contribution in [1.29, 1.82) is 0 Å². The lowest BCUT2D eigenvalue weighted by atomic mass is 10.1. The number of aliphatic carboxylic acids is 1. The molecule has 2 aromatic carbocycles. The number of carbonyl (C=O) groups is 1. The van der Waals surface area contributed by atoms with Crippen molar-refractivity contribution in [3.05, 3.63) is 71.6 Å². The molecule has 2 heterocycles. The highest BCUT2D eigenvalue weighted by molar-refractivity contribution is 5.73. The van der Waals surface area contributed by atoms with Crippen molar-refractivity contribution in [2.45, 2.75) is 25.9 Å². The largest absolute Gasteiger partial charge is 0.493 e. The number of ether oxygens (including phenoxy) is 2. The van der Waals surface area contributed by atoms with E-state index in [4.69, 9.17) is 13.9 Å². The molecule has 1 aliphatic rings. The average Bonchev–Trinajstić information content (AvgIpc) is 3.16. The first-order valence-electron chi connectivity index (χ1n) is 10.4. The van der Waals surface area contributed by atoms with E-state index in [0.29, 0.717) is 38.6 Å². The Morgan fingerprint density at radius 2 is 1.97 bits per heavy atom. The molecule has 0 bridgehead atoms. The third-order valence-corrected chi connectivity index (χ3v) is 5.35. The Morgan fingerprint density at radius 1 is 1.19 bits per heavy atom. The van der Waals surface area contributed by atoms with Gasteiger partial charge in [0.2, 0.25) is 5.89 Å². The van der Waals surface area contributed by atoms with Gasteiger partial charge in [-0.25, -0.2) is 4.98 Å². The van der Waals surface area contributed by atoms with Gasteiger partial charge in [-0.3, -0.25) is 9.69 Å². The first-order valence-corrected chi connectivity index (χ1v) is 10.4. The number of carboxylic acids is 1. The van der Waals surface area contributed by atoms with Crippen LogP contribution in [0.25, 0.3) is 11.5 Å². The number of morpholine rings is 1. The third-order valence-electron chi connectivity index (χ3n) is 5.35. The molecule has 0 saturated carbocycles. The minimum absolute atomic E-state index is 0.226. The van der Waals surface area contributed by atoms with E-state index in [2.05, 4.69) is 4.98 Å². The molecule has 7 heteroatoms. The van der Waals surface area contributed by atoms with E-state index in [1.807, 2.05) is 66.4 Å². The summed E-state index contributed by atoms with van der Waals surface area (Å²) in [5, 5.41) is 9.35. The van der Waals surface area contributed by atoms with Crippen LogP contribution in [-0.2, 0) is 22.5 Å². The second-order valence-electron chi connectivity index (χ2n) is 7.53. The van der Waals surface area contributed by atoms with Crippen molar-refractivity contribution in [3.63, 3.8) is 0 Å². The molecule has 1 fully saturated rings. The Bertz CT molecular complexity index is 1000. The highest BCUT2D eigenvalue weighted by Gasteiger charge is 2.28. The Morgan fingerprint density at radius 3 is 2.71 bits per heavy atom. The molecule has 0 spiro atoms. The number of benzene rings is 2. The second-order valence-corrected chi connectivity index (χ2v) is 7.53. The van der Waals surface area contributed by atoms with Crippen LogP contribution >= 0.6 is 0 Å². The van der Waals surface area contributed by atoms with Crippen LogP contribution in [0.4, 0.5) is 0 Å². The minimum atomic E-state index is -0.849. The fraction of sp³-hybridized carbons (Fsp3) is 0.333. The van der Waals surface area contributed by atoms with E-state index in [9.17, 15) is 9.90 Å². The monoisotopic (exact) mass is 422 g/mol. The molecule has 1 aromatic heterocycles. The van der Waals surface area contributed by atoms with Crippen LogP contribution in [0, 0.1) is 6.92 Å². The molecule has 0 amide bonds. The van der Waals surface area contributed by atoms with Gasteiger partial charge < -0.3 is 19.0 Å². The van der Waals surface area contributed by atoms with Crippen LogP contribution in [-0.4, -0.2) is 53.4 Å². The summed E-state index contributed by atoms with van der Waals surface area (Å²) in [6.07, 6.45) is 0.651. The van der Waals surface area contributed by atoms with Crippen LogP contribution in [0.1, 0.15) is 17.0 Å². The SMILES string of the molecule is Cc1oc(-c2ccccc2)nc1CCOc1ccc(CN2CCOCC2C(=O)O)cc1. The second kappa shape index (κ2) is 9.76. The summed E-state index contributed by atoms with van der Waals surface area (Å²) in [4.78, 5) is 17.9. The number of aromatic nitrogens is 1. The van der Waals surface area contributed by atoms with Gasteiger partial charge in [0.1, 0.15) is 17.6 Å². The molecule has 0 radical (unpaired) electrons. The minimum Gasteiger partial charge on any atom is -0.493 e. The van der Waals surface area contributed by atoms with Crippen molar-refractivity contribution in [2.24, 2.45) is 0 Å². The Labute approximate surface area is 181 Å². The molecule has 31 heavy (non-hydrogen) atoms. The fourth-order valence-corrected chi connectivity index (χ4v) is 3.61.